The van der Waals surface area contributed by atoms with Gasteiger partial charge in [-0.2, -0.15) is 0 Å². The standard InChI is InChI=1S/C18H21BrN2O/c19-17-9-4-8-16(12-17)13-18(22)21(11-5-10-20)14-15-6-2-1-3-7-15/h1-4,6-9,12H,5,10-11,13-14,20H2. The molecule has 2 aromatic rings. The van der Waals surface area contributed by atoms with Crippen LogP contribution in [-0.4, -0.2) is 23.9 Å². The zero-order valence-electron chi connectivity index (χ0n) is 12.5. The van der Waals surface area contributed by atoms with Crippen LogP contribution in [0.3, 0.4) is 0 Å². The van der Waals surface area contributed by atoms with Crippen molar-refractivity contribution in [3.63, 3.8) is 0 Å². The van der Waals surface area contributed by atoms with E-state index in [2.05, 4.69) is 15.9 Å². The predicted molar refractivity (Wildman–Crippen MR) is 93.4 cm³/mol. The topological polar surface area (TPSA) is 46.3 Å². The maximum atomic E-state index is 12.6. The van der Waals surface area contributed by atoms with Crippen LogP contribution in [0.15, 0.2) is 59.1 Å². The first-order valence-corrected chi connectivity index (χ1v) is 8.24. The largest absolute Gasteiger partial charge is 0.338 e. The van der Waals surface area contributed by atoms with Gasteiger partial charge in [0.2, 0.25) is 5.91 Å². The minimum atomic E-state index is 0.135. The van der Waals surface area contributed by atoms with Crippen LogP contribution in [0, 0.1) is 0 Å². The molecule has 0 spiro atoms. The molecule has 2 aromatic carbocycles. The van der Waals surface area contributed by atoms with Crippen molar-refractivity contribution in [2.75, 3.05) is 13.1 Å². The Hall–Kier alpha value is -1.65. The van der Waals surface area contributed by atoms with Gasteiger partial charge in [-0.15, -0.1) is 0 Å². The molecule has 0 unspecified atom stereocenters. The average molecular weight is 361 g/mol. The number of rotatable bonds is 7. The quantitative estimate of drug-likeness (QED) is 0.822. The lowest BCUT2D eigenvalue weighted by Crippen LogP contribution is -2.33. The number of carbonyl (C=O) groups is 1. The predicted octanol–water partition coefficient (Wildman–Crippen LogP) is 3.37. The molecule has 3 nitrogen and oxygen atoms in total. The van der Waals surface area contributed by atoms with Crippen molar-refractivity contribution in [2.45, 2.75) is 19.4 Å². The van der Waals surface area contributed by atoms with Gasteiger partial charge in [-0.1, -0.05) is 58.4 Å². The molecule has 0 radical (unpaired) electrons. The Morgan fingerprint density at radius 2 is 1.77 bits per heavy atom. The number of nitrogens with zero attached hydrogens (tertiary/aromatic N) is 1. The van der Waals surface area contributed by atoms with Crippen LogP contribution in [0.2, 0.25) is 0 Å². The zero-order valence-corrected chi connectivity index (χ0v) is 14.1. The number of halogens is 1. The molecule has 0 bridgehead atoms. The van der Waals surface area contributed by atoms with Gasteiger partial charge in [0, 0.05) is 17.6 Å². The van der Waals surface area contributed by atoms with E-state index in [1.165, 1.54) is 0 Å². The summed E-state index contributed by atoms with van der Waals surface area (Å²) < 4.78 is 0.995. The lowest BCUT2D eigenvalue weighted by Gasteiger charge is -2.23. The van der Waals surface area contributed by atoms with E-state index < -0.39 is 0 Å². The molecule has 0 saturated heterocycles. The highest BCUT2D eigenvalue weighted by Crippen LogP contribution is 2.14. The third-order valence-corrected chi connectivity index (χ3v) is 3.94. The van der Waals surface area contributed by atoms with E-state index in [1.54, 1.807) is 0 Å². The molecule has 1 amide bonds. The van der Waals surface area contributed by atoms with E-state index in [0.717, 1.165) is 22.0 Å². The fraction of sp³-hybridized carbons (Fsp3) is 0.278. The Morgan fingerprint density at radius 3 is 2.45 bits per heavy atom. The molecule has 4 heteroatoms. The fourth-order valence-electron chi connectivity index (χ4n) is 2.31. The highest BCUT2D eigenvalue weighted by atomic mass is 79.9. The van der Waals surface area contributed by atoms with E-state index >= 15 is 0 Å². The molecular weight excluding hydrogens is 340 g/mol. The van der Waals surface area contributed by atoms with Gasteiger partial charge in [-0.25, -0.2) is 0 Å². The van der Waals surface area contributed by atoms with Crippen molar-refractivity contribution in [3.05, 3.63) is 70.2 Å². The van der Waals surface area contributed by atoms with E-state index in [0.29, 0.717) is 26.1 Å². The summed E-state index contributed by atoms with van der Waals surface area (Å²) in [6, 6.07) is 17.9. The van der Waals surface area contributed by atoms with Crippen molar-refractivity contribution in [3.8, 4) is 0 Å². The van der Waals surface area contributed by atoms with Crippen LogP contribution < -0.4 is 5.73 Å². The van der Waals surface area contributed by atoms with Crippen LogP contribution in [0.5, 0.6) is 0 Å². The molecule has 0 atom stereocenters. The lowest BCUT2D eigenvalue weighted by molar-refractivity contribution is -0.131. The second-order valence-electron chi connectivity index (χ2n) is 5.25. The molecule has 0 fully saturated rings. The SMILES string of the molecule is NCCCN(Cc1ccccc1)C(=O)Cc1cccc(Br)c1. The first-order valence-electron chi connectivity index (χ1n) is 7.45. The molecule has 116 valence electrons. The maximum absolute atomic E-state index is 12.6. The summed E-state index contributed by atoms with van der Waals surface area (Å²) in [5.74, 6) is 0.135. The summed E-state index contributed by atoms with van der Waals surface area (Å²) in [5, 5.41) is 0. The molecule has 0 aliphatic rings. The minimum Gasteiger partial charge on any atom is -0.338 e. The number of carbonyl (C=O) groups excluding carboxylic acids is 1. The van der Waals surface area contributed by atoms with Gasteiger partial charge >= 0.3 is 0 Å². The van der Waals surface area contributed by atoms with E-state index in [1.807, 2.05) is 59.5 Å². The van der Waals surface area contributed by atoms with Gasteiger partial charge in [-0.05, 0) is 36.2 Å². The van der Waals surface area contributed by atoms with Crippen molar-refractivity contribution in [1.29, 1.82) is 0 Å². The summed E-state index contributed by atoms with van der Waals surface area (Å²) in [6.07, 6.45) is 1.23. The number of amides is 1. The van der Waals surface area contributed by atoms with Gasteiger partial charge in [0.15, 0.2) is 0 Å². The Labute approximate surface area is 140 Å². The van der Waals surface area contributed by atoms with Crippen molar-refractivity contribution in [2.24, 2.45) is 5.73 Å². The Bertz CT molecular complexity index is 601. The summed E-state index contributed by atoms with van der Waals surface area (Å²) in [5.41, 5.74) is 7.76. The second-order valence-corrected chi connectivity index (χ2v) is 6.17. The van der Waals surface area contributed by atoms with Crippen molar-refractivity contribution < 1.29 is 4.79 Å². The molecule has 0 heterocycles. The van der Waals surface area contributed by atoms with E-state index in [-0.39, 0.29) is 5.91 Å². The Balaban J connectivity index is 2.05. The molecule has 0 aromatic heterocycles. The second kappa shape index (κ2) is 8.71. The van der Waals surface area contributed by atoms with Crippen LogP contribution in [0.1, 0.15) is 17.5 Å². The summed E-state index contributed by atoms with van der Waals surface area (Å²) >= 11 is 3.44. The van der Waals surface area contributed by atoms with Crippen LogP contribution in [0.4, 0.5) is 0 Å². The monoisotopic (exact) mass is 360 g/mol. The molecule has 2 rings (SSSR count). The van der Waals surface area contributed by atoms with Gasteiger partial charge < -0.3 is 10.6 Å². The van der Waals surface area contributed by atoms with Gasteiger partial charge in [0.05, 0.1) is 6.42 Å². The highest BCUT2D eigenvalue weighted by Gasteiger charge is 2.14. The maximum Gasteiger partial charge on any atom is 0.227 e. The average Bonchev–Trinajstić information content (AvgIpc) is 2.52. The minimum absolute atomic E-state index is 0.135. The summed E-state index contributed by atoms with van der Waals surface area (Å²) in [6.45, 7) is 1.92. The summed E-state index contributed by atoms with van der Waals surface area (Å²) in [7, 11) is 0. The smallest absolute Gasteiger partial charge is 0.227 e. The Morgan fingerprint density at radius 1 is 1.05 bits per heavy atom. The third-order valence-electron chi connectivity index (χ3n) is 3.45. The fourth-order valence-corrected chi connectivity index (χ4v) is 2.76. The van der Waals surface area contributed by atoms with Crippen LogP contribution >= 0.6 is 15.9 Å². The summed E-state index contributed by atoms with van der Waals surface area (Å²) in [4.78, 5) is 14.5. The number of hydrogen-bond donors (Lipinski definition) is 1. The van der Waals surface area contributed by atoms with Gasteiger partial charge in [0.1, 0.15) is 0 Å². The molecule has 22 heavy (non-hydrogen) atoms. The molecule has 2 N–H and O–H groups in total. The number of hydrogen-bond acceptors (Lipinski definition) is 2. The number of nitrogens with two attached hydrogens (primary N) is 1. The molecule has 0 aliphatic heterocycles. The van der Waals surface area contributed by atoms with Crippen LogP contribution in [-0.2, 0) is 17.8 Å². The normalized spacial score (nSPS) is 10.5. The third kappa shape index (κ3) is 5.28. The van der Waals surface area contributed by atoms with Gasteiger partial charge in [0.25, 0.3) is 0 Å². The first-order chi connectivity index (χ1) is 10.7. The van der Waals surface area contributed by atoms with Crippen molar-refractivity contribution >= 4 is 21.8 Å². The van der Waals surface area contributed by atoms with Gasteiger partial charge in [-0.3, -0.25) is 4.79 Å². The zero-order chi connectivity index (χ0) is 15.8. The Kier molecular flexibility index (Phi) is 6.62. The molecule has 0 aliphatic carbocycles. The number of benzene rings is 2. The van der Waals surface area contributed by atoms with Crippen molar-refractivity contribution in [1.82, 2.24) is 4.90 Å². The lowest BCUT2D eigenvalue weighted by atomic mass is 10.1. The van der Waals surface area contributed by atoms with E-state index in [4.69, 9.17) is 5.73 Å². The van der Waals surface area contributed by atoms with Crippen LogP contribution in [0.25, 0.3) is 0 Å². The molecule has 0 saturated carbocycles. The highest BCUT2D eigenvalue weighted by molar-refractivity contribution is 9.10. The first kappa shape index (κ1) is 16.7. The van der Waals surface area contributed by atoms with E-state index in [9.17, 15) is 4.79 Å². The molecular formula is C18H21BrN2O.